The summed E-state index contributed by atoms with van der Waals surface area (Å²) in [6.07, 6.45) is 4.39. The molecule has 0 aromatic heterocycles. The van der Waals surface area contributed by atoms with Gasteiger partial charge in [-0.3, -0.25) is 0 Å². The van der Waals surface area contributed by atoms with Gasteiger partial charge in [-0.2, -0.15) is 41.5 Å². The topological polar surface area (TPSA) is 59.3 Å². The predicted octanol–water partition coefficient (Wildman–Crippen LogP) is 5.31. The fourth-order valence-corrected chi connectivity index (χ4v) is 3.50. The van der Waals surface area contributed by atoms with Gasteiger partial charge >= 0.3 is 22.1 Å². The van der Waals surface area contributed by atoms with E-state index in [1.807, 2.05) is 30.3 Å². The Balaban J connectivity index is 0.000000191. The summed E-state index contributed by atoms with van der Waals surface area (Å²) < 4.78 is 19.4. The maximum absolute atomic E-state index is 8.99. The number of nitrogens with zero attached hydrogens (tertiary/aromatic N) is 1. The summed E-state index contributed by atoms with van der Waals surface area (Å²) in [5, 5.41) is 9.57. The van der Waals surface area contributed by atoms with Gasteiger partial charge in [0.05, 0.1) is 24.8 Å². The van der Waals surface area contributed by atoms with E-state index in [-0.39, 0.29) is 5.79 Å². The molecule has 1 spiro atoms. The van der Waals surface area contributed by atoms with Crippen LogP contribution in [-0.2, 0) is 31.6 Å². The molecule has 2 aromatic carbocycles. The van der Waals surface area contributed by atoms with Gasteiger partial charge in [-0.05, 0) is 30.5 Å². The standard InChI is InChI=1S/C13H7ClN.C9H15O2.O.Os/c14-12-6-7-13(11(8-12)9-15)10-4-2-1-3-5-10;1-8-2-4-9(5-3-8)10-6-7-11-9;;/h2-8H;8H,1-7H2;;/q2*-1;;. The zero-order chi connectivity index (χ0) is 20.4. The van der Waals surface area contributed by atoms with Crippen LogP contribution in [-0.4, -0.2) is 19.0 Å². The molecule has 150 valence electrons. The molecule has 0 bridgehead atoms. The van der Waals surface area contributed by atoms with Gasteiger partial charge in [-0.1, -0.05) is 30.5 Å². The van der Waals surface area contributed by atoms with Crippen LogP contribution in [0, 0.1) is 30.2 Å². The normalized spacial score (nSPS) is 17.6. The van der Waals surface area contributed by atoms with E-state index in [1.54, 1.807) is 12.1 Å². The number of halogens is 1. The van der Waals surface area contributed by atoms with Gasteiger partial charge in [-0.15, -0.1) is 5.56 Å². The average molecular weight is 574 g/mol. The molecule has 1 heterocycles. The second kappa shape index (κ2) is 11.5. The zero-order valence-electron chi connectivity index (χ0n) is 15.5. The monoisotopic (exact) mass is 575 g/mol. The van der Waals surface area contributed by atoms with Gasteiger partial charge < -0.3 is 16.4 Å². The fraction of sp³-hybridized carbons (Fsp3) is 0.364. The number of nitriles is 1. The Labute approximate surface area is 182 Å². The third-order valence-corrected chi connectivity index (χ3v) is 5.05. The first-order valence-corrected chi connectivity index (χ1v) is 10.4. The Morgan fingerprint density at radius 1 is 1.14 bits per heavy atom. The summed E-state index contributed by atoms with van der Waals surface area (Å²) in [7, 11) is 0. The second-order valence-corrected chi connectivity index (χ2v) is 7.08. The van der Waals surface area contributed by atoms with E-state index in [9.17, 15) is 0 Å². The second-order valence-electron chi connectivity index (χ2n) is 6.64. The Morgan fingerprint density at radius 3 is 2.32 bits per heavy atom. The van der Waals surface area contributed by atoms with Crippen molar-refractivity contribution in [3.8, 4) is 17.2 Å². The zero-order valence-corrected chi connectivity index (χ0v) is 18.8. The van der Waals surface area contributed by atoms with E-state index in [2.05, 4.69) is 19.1 Å². The molecule has 0 radical (unpaired) electrons. The van der Waals surface area contributed by atoms with E-state index < -0.39 is 0 Å². The summed E-state index contributed by atoms with van der Waals surface area (Å²) in [6.45, 7) is 5.60. The molecule has 2 fully saturated rings. The first-order chi connectivity index (χ1) is 13.6. The molecule has 1 saturated heterocycles. The van der Waals surface area contributed by atoms with Crippen molar-refractivity contribution in [1.29, 1.82) is 5.26 Å². The third kappa shape index (κ3) is 6.30. The Bertz CT molecular complexity index is 778. The van der Waals surface area contributed by atoms with Crippen molar-refractivity contribution in [3.63, 3.8) is 0 Å². The van der Waals surface area contributed by atoms with E-state index in [1.165, 1.54) is 0 Å². The molecule has 2 aliphatic rings. The number of hydrogen-bond donors (Lipinski definition) is 0. The molecule has 1 aliphatic heterocycles. The minimum atomic E-state index is -0.186. The van der Waals surface area contributed by atoms with Crippen molar-refractivity contribution in [2.75, 3.05) is 13.2 Å². The van der Waals surface area contributed by atoms with E-state index in [0.29, 0.717) is 35.1 Å². The van der Waals surface area contributed by atoms with Crippen LogP contribution in [0.3, 0.4) is 0 Å². The van der Waals surface area contributed by atoms with Crippen LogP contribution in [0.25, 0.3) is 11.1 Å². The van der Waals surface area contributed by atoms with Crippen LogP contribution in [0.2, 0.25) is 5.02 Å². The molecule has 0 N–H and O–H groups in total. The van der Waals surface area contributed by atoms with Gasteiger partial charge in [-0.25, -0.2) is 0 Å². The fourth-order valence-electron chi connectivity index (χ4n) is 3.33. The van der Waals surface area contributed by atoms with Crippen LogP contribution < -0.4 is 0 Å². The van der Waals surface area contributed by atoms with E-state index >= 15 is 0 Å². The van der Waals surface area contributed by atoms with Crippen molar-refractivity contribution in [2.24, 2.45) is 5.92 Å². The van der Waals surface area contributed by atoms with Crippen LogP contribution in [0.15, 0.2) is 42.5 Å². The van der Waals surface area contributed by atoms with Crippen molar-refractivity contribution in [1.82, 2.24) is 0 Å². The van der Waals surface area contributed by atoms with Crippen molar-refractivity contribution in [3.05, 3.63) is 66.0 Å². The minimum absolute atomic E-state index is 0.186. The first-order valence-electron chi connectivity index (χ1n) is 9.03. The van der Waals surface area contributed by atoms with Crippen molar-refractivity contribution in [2.45, 2.75) is 31.5 Å². The number of ether oxygens (including phenoxy) is 2. The molecule has 0 amide bonds. The van der Waals surface area contributed by atoms with Crippen LogP contribution >= 0.6 is 11.6 Å². The molecule has 1 saturated carbocycles. The van der Waals surface area contributed by atoms with Gasteiger partial charge in [0.15, 0.2) is 5.79 Å². The summed E-state index contributed by atoms with van der Waals surface area (Å²) in [5.41, 5.74) is 2.49. The molecule has 0 atom stereocenters. The molecule has 6 heteroatoms. The van der Waals surface area contributed by atoms with Gasteiger partial charge in [0.1, 0.15) is 0 Å². The van der Waals surface area contributed by atoms with Gasteiger partial charge in [0.25, 0.3) is 0 Å². The molecule has 0 unspecified atom stereocenters. The van der Waals surface area contributed by atoms with Gasteiger partial charge in [0, 0.05) is 5.02 Å². The Morgan fingerprint density at radius 2 is 1.75 bits per heavy atom. The Hall–Kier alpha value is -1.42. The van der Waals surface area contributed by atoms with Crippen LogP contribution in [0.4, 0.5) is 0 Å². The van der Waals surface area contributed by atoms with E-state index in [4.69, 9.17) is 29.9 Å². The van der Waals surface area contributed by atoms with Crippen LogP contribution in [0.5, 0.6) is 0 Å². The first kappa shape index (κ1) is 22.9. The molecular weight excluding hydrogens is 552 g/mol. The quantitative estimate of drug-likeness (QED) is 0.434. The molecular formula is C22H22ClNO3Os-2. The van der Waals surface area contributed by atoms with Gasteiger partial charge in [0.2, 0.25) is 0 Å². The van der Waals surface area contributed by atoms with Crippen LogP contribution in [0.1, 0.15) is 31.2 Å². The average Bonchev–Trinajstić information content (AvgIpc) is 3.21. The summed E-state index contributed by atoms with van der Waals surface area (Å²) >= 11 is 6.44. The summed E-state index contributed by atoms with van der Waals surface area (Å²) in [4.78, 5) is 0. The summed E-state index contributed by atoms with van der Waals surface area (Å²) in [6, 6.07) is 17.9. The molecule has 28 heavy (non-hydrogen) atoms. The SMILES string of the molecule is N#Cc1cc(Cl)ccc1-c1cc[c-]cc1.[CH2-]C1CCC2(CC1)OCCO2.[O]=[Os]. The van der Waals surface area contributed by atoms with E-state index in [0.717, 1.165) is 50.0 Å². The maximum atomic E-state index is 8.99. The number of benzene rings is 2. The predicted molar refractivity (Wildman–Crippen MR) is 103 cm³/mol. The Kier molecular flexibility index (Phi) is 9.43. The molecule has 4 rings (SSSR count). The number of hydrogen-bond acceptors (Lipinski definition) is 4. The van der Waals surface area contributed by atoms with Crippen molar-refractivity contribution >= 4 is 11.6 Å². The number of rotatable bonds is 1. The third-order valence-electron chi connectivity index (χ3n) is 4.81. The van der Waals surface area contributed by atoms with Crippen molar-refractivity contribution < 1.29 is 31.6 Å². The molecule has 2 aromatic rings. The molecule has 1 aliphatic carbocycles. The summed E-state index contributed by atoms with van der Waals surface area (Å²) in [5.74, 6) is 0.433. The molecule has 4 nitrogen and oxygen atoms in total.